The molecule has 4 rings (SSSR count). The number of hydrogen-bond acceptors (Lipinski definition) is 4. The summed E-state index contributed by atoms with van der Waals surface area (Å²) in [6, 6.07) is 10.0. The van der Waals surface area contributed by atoms with E-state index in [0.29, 0.717) is 32.0 Å². The van der Waals surface area contributed by atoms with Gasteiger partial charge in [-0.3, -0.25) is 9.48 Å². The second kappa shape index (κ2) is 8.05. The van der Waals surface area contributed by atoms with E-state index in [9.17, 15) is 13.2 Å². The first-order valence-corrected chi connectivity index (χ1v) is 11.4. The summed E-state index contributed by atoms with van der Waals surface area (Å²) in [7, 11) is -3.67. The minimum Gasteiger partial charge on any atom is -0.349 e. The van der Waals surface area contributed by atoms with Gasteiger partial charge in [0.1, 0.15) is 6.04 Å². The van der Waals surface area contributed by atoms with Crippen LogP contribution in [0.3, 0.4) is 0 Å². The molecule has 1 amide bonds. The number of sulfonamides is 1. The number of benzene rings is 1. The lowest BCUT2D eigenvalue weighted by Crippen LogP contribution is -2.45. The van der Waals surface area contributed by atoms with Gasteiger partial charge in [0.25, 0.3) is 0 Å². The van der Waals surface area contributed by atoms with Gasteiger partial charge < -0.3 is 5.32 Å². The van der Waals surface area contributed by atoms with E-state index in [1.165, 1.54) is 17.1 Å². The molecule has 2 heterocycles. The fourth-order valence-corrected chi connectivity index (χ4v) is 5.83. The molecule has 8 heteroatoms. The summed E-state index contributed by atoms with van der Waals surface area (Å²) in [5.41, 5.74) is 0.802. The molecule has 1 N–H and O–H groups in total. The van der Waals surface area contributed by atoms with Crippen LogP contribution in [0.1, 0.15) is 50.3 Å². The maximum Gasteiger partial charge on any atom is 0.243 e. The van der Waals surface area contributed by atoms with Gasteiger partial charge in [-0.25, -0.2) is 8.42 Å². The van der Waals surface area contributed by atoms with Crippen LogP contribution in [-0.2, 0) is 21.4 Å². The summed E-state index contributed by atoms with van der Waals surface area (Å²) in [5.74, 6) is -0.257. The lowest BCUT2D eigenvalue weighted by Gasteiger charge is -2.23. The molecule has 1 aliphatic heterocycles. The van der Waals surface area contributed by atoms with E-state index in [0.717, 1.165) is 18.5 Å². The number of nitrogens with one attached hydrogen (secondary N) is 1. The molecule has 28 heavy (non-hydrogen) atoms. The van der Waals surface area contributed by atoms with Crippen molar-refractivity contribution in [3.8, 4) is 0 Å². The molecule has 2 aliphatic rings. The zero-order valence-corrected chi connectivity index (χ0v) is 16.6. The van der Waals surface area contributed by atoms with E-state index in [1.54, 1.807) is 30.3 Å². The highest BCUT2D eigenvalue weighted by Crippen LogP contribution is 2.29. The third-order valence-corrected chi connectivity index (χ3v) is 7.58. The number of aromatic nitrogens is 2. The van der Waals surface area contributed by atoms with Gasteiger partial charge in [-0.15, -0.1) is 0 Å². The van der Waals surface area contributed by atoms with Crippen molar-refractivity contribution in [1.29, 1.82) is 0 Å². The predicted octanol–water partition coefficient (Wildman–Crippen LogP) is 2.47. The second-order valence-corrected chi connectivity index (χ2v) is 9.42. The minimum absolute atomic E-state index is 0.227. The Bertz CT molecular complexity index is 920. The quantitative estimate of drug-likeness (QED) is 0.804. The van der Waals surface area contributed by atoms with Crippen LogP contribution in [0.4, 0.5) is 0 Å². The highest BCUT2D eigenvalue weighted by molar-refractivity contribution is 7.89. The van der Waals surface area contributed by atoms with Crippen LogP contribution in [0, 0.1) is 0 Å². The Morgan fingerprint density at radius 1 is 1.07 bits per heavy atom. The van der Waals surface area contributed by atoms with Crippen LogP contribution in [-0.4, -0.2) is 41.0 Å². The third kappa shape index (κ3) is 3.84. The largest absolute Gasteiger partial charge is 0.349 e. The Morgan fingerprint density at radius 2 is 1.82 bits per heavy atom. The fraction of sp³-hybridized carbons (Fsp3) is 0.500. The number of rotatable bonds is 6. The number of carbonyl (C=O) groups is 1. The summed E-state index contributed by atoms with van der Waals surface area (Å²) in [4.78, 5) is 12.9. The highest BCUT2D eigenvalue weighted by Gasteiger charge is 2.39. The van der Waals surface area contributed by atoms with Crippen LogP contribution in [0.25, 0.3) is 0 Å². The molecule has 1 atom stereocenters. The Hall–Kier alpha value is -2.19. The fourth-order valence-electron chi connectivity index (χ4n) is 4.16. The first-order valence-electron chi connectivity index (χ1n) is 9.94. The number of hydrogen-bond donors (Lipinski definition) is 1. The lowest BCUT2D eigenvalue weighted by molar-refractivity contribution is -0.124. The molecule has 1 saturated heterocycles. The van der Waals surface area contributed by atoms with Crippen molar-refractivity contribution in [2.24, 2.45) is 0 Å². The van der Waals surface area contributed by atoms with Crippen LogP contribution >= 0.6 is 0 Å². The highest BCUT2D eigenvalue weighted by atomic mass is 32.2. The van der Waals surface area contributed by atoms with Gasteiger partial charge >= 0.3 is 0 Å². The van der Waals surface area contributed by atoms with Gasteiger partial charge in [0.2, 0.25) is 15.9 Å². The van der Waals surface area contributed by atoms with E-state index in [-0.39, 0.29) is 10.8 Å². The van der Waals surface area contributed by atoms with Crippen LogP contribution in [0.5, 0.6) is 0 Å². The van der Waals surface area contributed by atoms with Crippen molar-refractivity contribution in [2.75, 3.05) is 6.54 Å². The van der Waals surface area contributed by atoms with Gasteiger partial charge in [0.05, 0.1) is 23.2 Å². The molecule has 1 aliphatic carbocycles. The summed E-state index contributed by atoms with van der Waals surface area (Å²) in [5, 5.41) is 7.45. The minimum atomic E-state index is -3.67. The average Bonchev–Trinajstić information content (AvgIpc) is 3.48. The first-order chi connectivity index (χ1) is 13.6. The summed E-state index contributed by atoms with van der Waals surface area (Å²) >= 11 is 0. The van der Waals surface area contributed by atoms with Crippen molar-refractivity contribution in [1.82, 2.24) is 19.4 Å². The molecule has 150 valence electrons. The third-order valence-electron chi connectivity index (χ3n) is 5.66. The number of carbonyl (C=O) groups excluding carboxylic acids is 1. The molecule has 7 nitrogen and oxygen atoms in total. The maximum absolute atomic E-state index is 12.9. The SMILES string of the molecule is O=C(NCc1ccn(C2CCCC2)n1)[C@H]1CCCN1S(=O)(=O)c1ccccc1. The van der Waals surface area contributed by atoms with Crippen LogP contribution < -0.4 is 5.32 Å². The topological polar surface area (TPSA) is 84.3 Å². The molecule has 1 saturated carbocycles. The molecule has 2 aromatic rings. The first kappa shape index (κ1) is 19.1. The predicted molar refractivity (Wildman–Crippen MR) is 105 cm³/mol. The molecule has 1 aromatic heterocycles. The van der Waals surface area contributed by atoms with Crippen LogP contribution in [0.15, 0.2) is 47.5 Å². The molecular weight excluding hydrogens is 376 g/mol. The van der Waals surface area contributed by atoms with E-state index < -0.39 is 16.1 Å². The van der Waals surface area contributed by atoms with E-state index >= 15 is 0 Å². The molecule has 0 bridgehead atoms. The molecule has 1 aromatic carbocycles. The lowest BCUT2D eigenvalue weighted by atomic mass is 10.2. The van der Waals surface area contributed by atoms with Gasteiger partial charge in [-0.2, -0.15) is 9.40 Å². The van der Waals surface area contributed by atoms with Crippen molar-refractivity contribution in [2.45, 2.75) is 62.0 Å². The molecule has 0 unspecified atom stereocenters. The molecule has 2 fully saturated rings. The molecule has 0 radical (unpaired) electrons. The Labute approximate surface area is 165 Å². The Morgan fingerprint density at radius 3 is 2.57 bits per heavy atom. The zero-order chi connectivity index (χ0) is 19.6. The molecule has 0 spiro atoms. The maximum atomic E-state index is 12.9. The standard InChI is InChI=1S/C20H26N4O3S/c25-20(21-15-16-12-14-23(22-16)17-7-4-5-8-17)19-11-6-13-24(19)28(26,27)18-9-2-1-3-10-18/h1-3,9-10,12,14,17,19H,4-8,11,13,15H2,(H,21,25)/t19-/m1/s1. The number of amides is 1. The van der Waals surface area contributed by atoms with Gasteiger partial charge in [0.15, 0.2) is 0 Å². The van der Waals surface area contributed by atoms with Crippen molar-refractivity contribution in [3.63, 3.8) is 0 Å². The number of nitrogens with zero attached hydrogens (tertiary/aromatic N) is 3. The monoisotopic (exact) mass is 402 g/mol. The van der Waals surface area contributed by atoms with Crippen molar-refractivity contribution >= 4 is 15.9 Å². The van der Waals surface area contributed by atoms with E-state index in [2.05, 4.69) is 10.4 Å². The smallest absolute Gasteiger partial charge is 0.243 e. The average molecular weight is 403 g/mol. The summed E-state index contributed by atoms with van der Waals surface area (Å²) < 4.78 is 29.1. The summed E-state index contributed by atoms with van der Waals surface area (Å²) in [6.45, 7) is 0.680. The van der Waals surface area contributed by atoms with Gasteiger partial charge in [-0.1, -0.05) is 31.0 Å². The van der Waals surface area contributed by atoms with E-state index in [4.69, 9.17) is 0 Å². The zero-order valence-electron chi connectivity index (χ0n) is 15.8. The van der Waals surface area contributed by atoms with Crippen molar-refractivity contribution < 1.29 is 13.2 Å². The normalized spacial score (nSPS) is 21.2. The molecular formula is C20H26N4O3S. The van der Waals surface area contributed by atoms with Gasteiger partial charge in [-0.05, 0) is 43.9 Å². The Balaban J connectivity index is 1.40. The van der Waals surface area contributed by atoms with Crippen molar-refractivity contribution in [3.05, 3.63) is 48.3 Å². The summed E-state index contributed by atoms with van der Waals surface area (Å²) in [6.07, 6.45) is 7.98. The second-order valence-electron chi connectivity index (χ2n) is 7.53. The van der Waals surface area contributed by atoms with E-state index in [1.807, 2.05) is 16.9 Å². The van der Waals surface area contributed by atoms with Crippen LogP contribution in [0.2, 0.25) is 0 Å². The Kier molecular flexibility index (Phi) is 5.50. The van der Waals surface area contributed by atoms with Gasteiger partial charge in [0, 0.05) is 12.7 Å².